The van der Waals surface area contributed by atoms with Crippen molar-refractivity contribution in [1.29, 1.82) is 0 Å². The van der Waals surface area contributed by atoms with Gasteiger partial charge in [0.1, 0.15) is 5.75 Å². The largest absolute Gasteiger partial charge is 0.494 e. The van der Waals surface area contributed by atoms with Crippen molar-refractivity contribution in [2.24, 2.45) is 0 Å². The first-order valence-corrected chi connectivity index (χ1v) is 9.78. The van der Waals surface area contributed by atoms with Gasteiger partial charge in [-0.15, -0.1) is 11.3 Å². The van der Waals surface area contributed by atoms with Gasteiger partial charge in [-0.25, -0.2) is 4.98 Å². The van der Waals surface area contributed by atoms with Crippen LogP contribution in [0.25, 0.3) is 0 Å². The number of amides is 1. The number of nitrogens with one attached hydrogen (secondary N) is 2. The molecule has 0 aliphatic rings. The standard InChI is InChI=1S/C20H20ClN3O2S/c1-2-26-16-9-7-15(8-10-16)22-13-19(25)24-20-23-12-17(27-20)11-14-5-3-4-6-18(14)21/h3-10,12,22H,2,11,13H2,1H3,(H,23,24,25). The van der Waals surface area contributed by atoms with Crippen molar-refractivity contribution in [2.75, 3.05) is 23.8 Å². The molecule has 0 aliphatic heterocycles. The topological polar surface area (TPSA) is 63.2 Å². The van der Waals surface area contributed by atoms with Crippen LogP contribution in [0.4, 0.5) is 10.8 Å². The lowest BCUT2D eigenvalue weighted by Crippen LogP contribution is -2.21. The highest BCUT2D eigenvalue weighted by Crippen LogP contribution is 2.24. The van der Waals surface area contributed by atoms with Gasteiger partial charge in [-0.3, -0.25) is 4.79 Å². The minimum absolute atomic E-state index is 0.150. The van der Waals surface area contributed by atoms with E-state index in [-0.39, 0.29) is 12.5 Å². The Balaban J connectivity index is 1.49. The van der Waals surface area contributed by atoms with Crippen LogP contribution in [0.15, 0.2) is 54.7 Å². The molecule has 0 unspecified atom stereocenters. The summed E-state index contributed by atoms with van der Waals surface area (Å²) in [6.07, 6.45) is 2.46. The number of aromatic nitrogens is 1. The Morgan fingerprint density at radius 1 is 1.19 bits per heavy atom. The molecule has 3 aromatic rings. The number of thiazole rings is 1. The second kappa shape index (κ2) is 9.39. The highest BCUT2D eigenvalue weighted by Gasteiger charge is 2.08. The average Bonchev–Trinajstić information content (AvgIpc) is 3.10. The lowest BCUT2D eigenvalue weighted by Gasteiger charge is -2.07. The fraction of sp³-hybridized carbons (Fsp3) is 0.200. The van der Waals surface area contributed by atoms with E-state index in [0.29, 0.717) is 18.2 Å². The average molecular weight is 402 g/mol. The van der Waals surface area contributed by atoms with Gasteiger partial charge in [0.25, 0.3) is 0 Å². The molecule has 1 heterocycles. The fourth-order valence-corrected chi connectivity index (χ4v) is 3.51. The van der Waals surface area contributed by atoms with Crippen LogP contribution in [0.2, 0.25) is 5.02 Å². The van der Waals surface area contributed by atoms with Crippen molar-refractivity contribution < 1.29 is 9.53 Å². The predicted molar refractivity (Wildman–Crippen MR) is 111 cm³/mol. The molecule has 7 heteroatoms. The molecule has 140 valence electrons. The molecule has 0 radical (unpaired) electrons. The summed E-state index contributed by atoms with van der Waals surface area (Å²) in [4.78, 5) is 17.4. The summed E-state index contributed by atoms with van der Waals surface area (Å²) in [5, 5.41) is 7.20. The van der Waals surface area contributed by atoms with Crippen molar-refractivity contribution >= 4 is 39.7 Å². The zero-order valence-electron chi connectivity index (χ0n) is 14.9. The van der Waals surface area contributed by atoms with Crippen molar-refractivity contribution in [1.82, 2.24) is 4.98 Å². The zero-order valence-corrected chi connectivity index (χ0v) is 16.4. The smallest absolute Gasteiger partial charge is 0.245 e. The normalized spacial score (nSPS) is 10.4. The highest BCUT2D eigenvalue weighted by atomic mass is 35.5. The first-order chi connectivity index (χ1) is 13.1. The van der Waals surface area contributed by atoms with Crippen molar-refractivity contribution in [3.63, 3.8) is 0 Å². The van der Waals surface area contributed by atoms with Gasteiger partial charge in [-0.05, 0) is 42.8 Å². The number of carbonyl (C=O) groups excluding carboxylic acids is 1. The summed E-state index contributed by atoms with van der Waals surface area (Å²) in [6, 6.07) is 15.2. The second-order valence-corrected chi connectivity index (χ2v) is 7.28. The summed E-state index contributed by atoms with van der Waals surface area (Å²) >= 11 is 7.64. The summed E-state index contributed by atoms with van der Waals surface area (Å²) in [6.45, 7) is 2.73. The highest BCUT2D eigenvalue weighted by molar-refractivity contribution is 7.15. The molecule has 0 spiro atoms. The third kappa shape index (κ3) is 5.70. The van der Waals surface area contributed by atoms with E-state index in [4.69, 9.17) is 16.3 Å². The summed E-state index contributed by atoms with van der Waals surface area (Å²) in [5.41, 5.74) is 1.89. The molecule has 5 nitrogen and oxygen atoms in total. The van der Waals surface area contributed by atoms with Gasteiger partial charge in [0.15, 0.2) is 5.13 Å². The molecule has 0 fully saturated rings. The van der Waals surface area contributed by atoms with Crippen LogP contribution in [0.5, 0.6) is 5.75 Å². The molecule has 0 aliphatic carbocycles. The van der Waals surface area contributed by atoms with E-state index in [1.807, 2.05) is 55.5 Å². The first kappa shape index (κ1) is 19.2. The molecule has 3 rings (SSSR count). The summed E-state index contributed by atoms with van der Waals surface area (Å²) < 4.78 is 5.40. The molecule has 2 N–H and O–H groups in total. The minimum atomic E-state index is -0.150. The maximum Gasteiger partial charge on any atom is 0.245 e. The van der Waals surface area contributed by atoms with E-state index in [9.17, 15) is 4.79 Å². The Labute approximate surface area is 167 Å². The molecule has 0 saturated carbocycles. The van der Waals surface area contributed by atoms with Gasteiger partial charge in [-0.2, -0.15) is 0 Å². The lowest BCUT2D eigenvalue weighted by molar-refractivity contribution is -0.114. The minimum Gasteiger partial charge on any atom is -0.494 e. The molecule has 1 amide bonds. The summed E-state index contributed by atoms with van der Waals surface area (Å²) in [7, 11) is 0. The van der Waals surface area contributed by atoms with E-state index < -0.39 is 0 Å². The van der Waals surface area contributed by atoms with Gasteiger partial charge in [-0.1, -0.05) is 29.8 Å². The number of nitrogens with zero attached hydrogens (tertiary/aromatic N) is 1. The lowest BCUT2D eigenvalue weighted by atomic mass is 10.1. The third-order valence-corrected chi connectivity index (χ3v) is 5.02. The monoisotopic (exact) mass is 401 g/mol. The van der Waals surface area contributed by atoms with Crippen molar-refractivity contribution in [2.45, 2.75) is 13.3 Å². The molecular weight excluding hydrogens is 382 g/mol. The van der Waals surface area contributed by atoms with Crippen LogP contribution in [-0.4, -0.2) is 24.0 Å². The van der Waals surface area contributed by atoms with Crippen molar-refractivity contribution in [3.05, 3.63) is 70.2 Å². The Hall–Kier alpha value is -2.57. The van der Waals surface area contributed by atoms with Crippen LogP contribution >= 0.6 is 22.9 Å². The number of hydrogen-bond donors (Lipinski definition) is 2. The Morgan fingerprint density at radius 2 is 1.96 bits per heavy atom. The molecule has 2 aromatic carbocycles. The molecule has 1 aromatic heterocycles. The van der Waals surface area contributed by atoms with Gasteiger partial charge in [0.2, 0.25) is 5.91 Å². The SMILES string of the molecule is CCOc1ccc(NCC(=O)Nc2ncc(Cc3ccccc3Cl)s2)cc1. The number of halogens is 1. The van der Waals surface area contributed by atoms with Crippen LogP contribution < -0.4 is 15.4 Å². The second-order valence-electron chi connectivity index (χ2n) is 5.76. The third-order valence-electron chi connectivity index (χ3n) is 3.74. The van der Waals surface area contributed by atoms with E-state index >= 15 is 0 Å². The van der Waals surface area contributed by atoms with Crippen LogP contribution in [0, 0.1) is 0 Å². The Bertz CT molecular complexity index is 896. The van der Waals surface area contributed by atoms with Gasteiger partial charge in [0.05, 0.1) is 13.2 Å². The fourth-order valence-electron chi connectivity index (χ4n) is 2.46. The zero-order chi connectivity index (χ0) is 19.1. The van der Waals surface area contributed by atoms with Gasteiger partial charge in [0, 0.05) is 28.2 Å². The number of rotatable bonds is 8. The van der Waals surface area contributed by atoms with Crippen LogP contribution in [0.3, 0.4) is 0 Å². The number of benzene rings is 2. The number of anilines is 2. The van der Waals surface area contributed by atoms with Crippen molar-refractivity contribution in [3.8, 4) is 5.75 Å². The van der Waals surface area contributed by atoms with E-state index in [2.05, 4.69) is 15.6 Å². The van der Waals surface area contributed by atoms with E-state index in [1.54, 1.807) is 6.20 Å². The predicted octanol–water partition coefficient (Wildman–Crippen LogP) is 4.84. The van der Waals surface area contributed by atoms with E-state index in [0.717, 1.165) is 26.9 Å². The number of hydrogen-bond acceptors (Lipinski definition) is 5. The van der Waals surface area contributed by atoms with Gasteiger partial charge >= 0.3 is 0 Å². The molecule has 0 saturated heterocycles. The van der Waals surface area contributed by atoms with E-state index in [1.165, 1.54) is 11.3 Å². The van der Waals surface area contributed by atoms with Gasteiger partial charge < -0.3 is 15.4 Å². The molecule has 0 atom stereocenters. The van der Waals surface area contributed by atoms with Crippen LogP contribution in [-0.2, 0) is 11.2 Å². The van der Waals surface area contributed by atoms with Crippen LogP contribution in [0.1, 0.15) is 17.4 Å². The molecule has 0 bridgehead atoms. The first-order valence-electron chi connectivity index (χ1n) is 8.58. The summed E-state index contributed by atoms with van der Waals surface area (Å²) in [5.74, 6) is 0.656. The maximum atomic E-state index is 12.1. The molecular formula is C20H20ClN3O2S. The quantitative estimate of drug-likeness (QED) is 0.567. The maximum absolute atomic E-state index is 12.1. The Morgan fingerprint density at radius 3 is 2.70 bits per heavy atom. The number of ether oxygens (including phenoxy) is 1. The Kier molecular flexibility index (Phi) is 6.68. The molecule has 27 heavy (non-hydrogen) atoms. The number of carbonyl (C=O) groups is 1.